The Bertz CT molecular complexity index is 199. The van der Waals surface area contributed by atoms with Crippen LogP contribution < -0.4 is 10.6 Å². The van der Waals surface area contributed by atoms with E-state index in [2.05, 4.69) is 10.6 Å². The molecule has 0 aliphatic carbocycles. The molecule has 96 valence electrons. The summed E-state index contributed by atoms with van der Waals surface area (Å²) in [5, 5.41) is 6.10. The molecule has 1 rings (SSSR count). The van der Waals surface area contributed by atoms with Gasteiger partial charge in [0.2, 0.25) is 0 Å². The van der Waals surface area contributed by atoms with Gasteiger partial charge in [0.25, 0.3) is 0 Å². The molecule has 1 aliphatic rings. The van der Waals surface area contributed by atoms with E-state index in [4.69, 9.17) is 4.74 Å². The number of hydrogen-bond acceptors (Lipinski definition) is 3. The minimum atomic E-state index is -4.07. The van der Waals surface area contributed by atoms with Crippen molar-refractivity contribution in [3.63, 3.8) is 0 Å². The zero-order valence-corrected chi connectivity index (χ0v) is 9.44. The van der Waals surface area contributed by atoms with Gasteiger partial charge in [0.15, 0.2) is 0 Å². The topological polar surface area (TPSA) is 33.3 Å². The van der Waals surface area contributed by atoms with Gasteiger partial charge >= 0.3 is 6.18 Å². The molecule has 6 heteroatoms. The van der Waals surface area contributed by atoms with Crippen molar-refractivity contribution in [1.82, 2.24) is 10.6 Å². The van der Waals surface area contributed by atoms with Gasteiger partial charge in [-0.25, -0.2) is 0 Å². The van der Waals surface area contributed by atoms with Crippen LogP contribution in [0.1, 0.15) is 13.3 Å². The van der Waals surface area contributed by atoms with Crippen molar-refractivity contribution in [3.8, 4) is 0 Å². The second-order valence-electron chi connectivity index (χ2n) is 4.03. The number of likely N-dealkylation sites (N-methyl/N-ethyl adjacent to an activating group) is 1. The predicted molar refractivity (Wildman–Crippen MR) is 55.3 cm³/mol. The number of halogens is 3. The first-order chi connectivity index (χ1) is 7.53. The average Bonchev–Trinajstić information content (AvgIpc) is 2.60. The molecule has 1 aliphatic heterocycles. The fourth-order valence-electron chi connectivity index (χ4n) is 1.81. The Morgan fingerprint density at radius 1 is 1.31 bits per heavy atom. The Kier molecular flexibility index (Phi) is 5.51. The summed E-state index contributed by atoms with van der Waals surface area (Å²) in [6.07, 6.45) is -4.84. The van der Waals surface area contributed by atoms with Gasteiger partial charge in [-0.1, -0.05) is 6.92 Å². The highest BCUT2D eigenvalue weighted by molar-refractivity contribution is 4.82. The summed E-state index contributed by atoms with van der Waals surface area (Å²) in [4.78, 5) is 0. The minimum absolute atomic E-state index is 0.0150. The van der Waals surface area contributed by atoms with Crippen LogP contribution in [0.25, 0.3) is 0 Å². The molecule has 0 bridgehead atoms. The molecular weight excluding hydrogens is 221 g/mol. The standard InChI is InChI=1S/C10H19F3N2O/c1-2-15-9-7-16-6-8(9)5-14-4-3-10(11,12)13/h8-9,14-15H,2-7H2,1H3. The maximum Gasteiger partial charge on any atom is 0.390 e. The molecule has 2 N–H and O–H groups in total. The van der Waals surface area contributed by atoms with E-state index in [1.165, 1.54) is 0 Å². The quantitative estimate of drug-likeness (QED) is 0.683. The molecule has 0 spiro atoms. The van der Waals surface area contributed by atoms with Crippen LogP contribution >= 0.6 is 0 Å². The van der Waals surface area contributed by atoms with Crippen molar-refractivity contribution in [2.24, 2.45) is 5.92 Å². The average molecular weight is 240 g/mol. The second kappa shape index (κ2) is 6.42. The largest absolute Gasteiger partial charge is 0.390 e. The third kappa shape index (κ3) is 5.14. The van der Waals surface area contributed by atoms with Gasteiger partial charge in [0.1, 0.15) is 0 Å². The lowest BCUT2D eigenvalue weighted by molar-refractivity contribution is -0.133. The molecule has 0 amide bonds. The van der Waals surface area contributed by atoms with Crippen molar-refractivity contribution >= 4 is 0 Å². The van der Waals surface area contributed by atoms with Crippen molar-refractivity contribution in [3.05, 3.63) is 0 Å². The molecule has 1 heterocycles. The van der Waals surface area contributed by atoms with E-state index in [-0.39, 0.29) is 18.5 Å². The Morgan fingerprint density at radius 3 is 2.69 bits per heavy atom. The lowest BCUT2D eigenvalue weighted by atomic mass is 10.0. The fourth-order valence-corrected chi connectivity index (χ4v) is 1.81. The molecular formula is C10H19F3N2O. The van der Waals surface area contributed by atoms with Gasteiger partial charge in [-0.15, -0.1) is 0 Å². The third-order valence-electron chi connectivity index (χ3n) is 2.66. The van der Waals surface area contributed by atoms with Gasteiger partial charge in [-0.05, 0) is 6.54 Å². The molecule has 16 heavy (non-hydrogen) atoms. The number of nitrogens with one attached hydrogen (secondary N) is 2. The number of rotatable bonds is 6. The molecule has 0 radical (unpaired) electrons. The van der Waals surface area contributed by atoms with Crippen molar-refractivity contribution in [2.75, 3.05) is 32.8 Å². The van der Waals surface area contributed by atoms with Gasteiger partial charge in [-0.2, -0.15) is 13.2 Å². The lowest BCUT2D eigenvalue weighted by Gasteiger charge is -2.18. The first-order valence-corrected chi connectivity index (χ1v) is 5.61. The van der Waals surface area contributed by atoms with Crippen LogP contribution in [-0.2, 0) is 4.74 Å². The highest BCUT2D eigenvalue weighted by atomic mass is 19.4. The molecule has 0 aromatic rings. The molecule has 1 fully saturated rings. The van der Waals surface area contributed by atoms with Crippen molar-refractivity contribution in [2.45, 2.75) is 25.6 Å². The summed E-state index contributed by atoms with van der Waals surface area (Å²) in [5.74, 6) is 0.271. The normalized spacial score (nSPS) is 26.2. The smallest absolute Gasteiger partial charge is 0.379 e. The molecule has 0 saturated carbocycles. The molecule has 2 atom stereocenters. The molecule has 1 saturated heterocycles. The third-order valence-corrected chi connectivity index (χ3v) is 2.66. The summed E-state index contributed by atoms with van der Waals surface area (Å²) < 4.78 is 40.9. The van der Waals surface area contributed by atoms with E-state index in [1.54, 1.807) is 0 Å². The van der Waals surface area contributed by atoms with E-state index in [0.29, 0.717) is 19.8 Å². The maximum absolute atomic E-state index is 11.9. The SMILES string of the molecule is CCNC1COCC1CNCCC(F)(F)F. The van der Waals surface area contributed by atoms with Crippen LogP contribution in [0.4, 0.5) is 13.2 Å². The zero-order chi connectivity index (χ0) is 12.0. The van der Waals surface area contributed by atoms with Crippen LogP contribution in [0.5, 0.6) is 0 Å². The molecule has 2 unspecified atom stereocenters. The highest BCUT2D eigenvalue weighted by Crippen LogP contribution is 2.18. The Labute approximate surface area is 93.7 Å². The van der Waals surface area contributed by atoms with E-state index >= 15 is 0 Å². The summed E-state index contributed by atoms with van der Waals surface area (Å²) in [5.41, 5.74) is 0. The lowest BCUT2D eigenvalue weighted by Crippen LogP contribution is -2.40. The van der Waals surface area contributed by atoms with Crippen LogP contribution in [-0.4, -0.2) is 45.1 Å². The zero-order valence-electron chi connectivity index (χ0n) is 9.44. The Morgan fingerprint density at radius 2 is 2.06 bits per heavy atom. The number of alkyl halides is 3. The molecule has 0 aromatic heterocycles. The van der Waals surface area contributed by atoms with Gasteiger partial charge in [-0.3, -0.25) is 0 Å². The predicted octanol–water partition coefficient (Wildman–Crippen LogP) is 1.15. The number of hydrogen-bond donors (Lipinski definition) is 2. The monoisotopic (exact) mass is 240 g/mol. The van der Waals surface area contributed by atoms with Gasteiger partial charge in [0, 0.05) is 25.0 Å². The Balaban J connectivity index is 2.12. The maximum atomic E-state index is 11.9. The van der Waals surface area contributed by atoms with Crippen LogP contribution in [0, 0.1) is 5.92 Å². The summed E-state index contributed by atoms with van der Waals surface area (Å²) in [7, 11) is 0. The van der Waals surface area contributed by atoms with Crippen molar-refractivity contribution < 1.29 is 17.9 Å². The molecule has 0 aromatic carbocycles. The summed E-state index contributed by atoms with van der Waals surface area (Å²) in [6.45, 7) is 4.70. The summed E-state index contributed by atoms with van der Waals surface area (Å²) in [6, 6.07) is 0.267. The van der Waals surface area contributed by atoms with Crippen LogP contribution in [0.15, 0.2) is 0 Å². The van der Waals surface area contributed by atoms with Gasteiger partial charge in [0.05, 0.1) is 19.6 Å². The van der Waals surface area contributed by atoms with Crippen LogP contribution in [0.3, 0.4) is 0 Å². The summed E-state index contributed by atoms with van der Waals surface area (Å²) >= 11 is 0. The van der Waals surface area contributed by atoms with E-state index < -0.39 is 12.6 Å². The van der Waals surface area contributed by atoms with Gasteiger partial charge < -0.3 is 15.4 Å². The van der Waals surface area contributed by atoms with Crippen LogP contribution in [0.2, 0.25) is 0 Å². The van der Waals surface area contributed by atoms with E-state index in [0.717, 1.165) is 6.54 Å². The fraction of sp³-hybridized carbons (Fsp3) is 1.00. The minimum Gasteiger partial charge on any atom is -0.379 e. The first kappa shape index (κ1) is 13.7. The van der Waals surface area contributed by atoms with E-state index in [1.807, 2.05) is 6.92 Å². The molecule has 3 nitrogen and oxygen atoms in total. The first-order valence-electron chi connectivity index (χ1n) is 5.61. The van der Waals surface area contributed by atoms with E-state index in [9.17, 15) is 13.2 Å². The van der Waals surface area contributed by atoms with Crippen molar-refractivity contribution in [1.29, 1.82) is 0 Å². The second-order valence-corrected chi connectivity index (χ2v) is 4.03. The highest BCUT2D eigenvalue weighted by Gasteiger charge is 2.28. The number of ether oxygens (including phenoxy) is 1. The Hall–Kier alpha value is -0.330.